The number of halogens is 2. The van der Waals surface area contributed by atoms with Gasteiger partial charge in [-0.3, -0.25) is 0 Å². The number of nitrogens with zero attached hydrogens (tertiary/aromatic N) is 4. The van der Waals surface area contributed by atoms with E-state index in [0.29, 0.717) is 16.9 Å². The molecule has 0 saturated heterocycles. The van der Waals surface area contributed by atoms with Crippen molar-refractivity contribution in [2.24, 2.45) is 0 Å². The average molecular weight is 353 g/mol. The molecule has 3 aromatic rings. The van der Waals surface area contributed by atoms with Crippen molar-refractivity contribution in [3.05, 3.63) is 47.2 Å². The van der Waals surface area contributed by atoms with Gasteiger partial charge in [-0.1, -0.05) is 60.6 Å². The first-order chi connectivity index (χ1) is 10.7. The van der Waals surface area contributed by atoms with Crippen LogP contribution in [0.2, 0.25) is 5.15 Å². The summed E-state index contributed by atoms with van der Waals surface area (Å²) in [4.78, 5) is 8.81. The molecule has 22 heavy (non-hydrogen) atoms. The number of benzene rings is 1. The van der Waals surface area contributed by atoms with Gasteiger partial charge in [0.05, 0.1) is 23.5 Å². The van der Waals surface area contributed by atoms with Crippen molar-refractivity contribution in [1.82, 2.24) is 19.7 Å². The number of rotatable bonds is 5. The minimum atomic E-state index is -0.180. The summed E-state index contributed by atoms with van der Waals surface area (Å²) in [5.41, 5.74) is 1.77. The third-order valence-electron chi connectivity index (χ3n) is 3.20. The summed E-state index contributed by atoms with van der Waals surface area (Å²) in [5, 5.41) is 6.02. The Morgan fingerprint density at radius 2 is 2.00 bits per heavy atom. The van der Waals surface area contributed by atoms with E-state index in [2.05, 4.69) is 15.1 Å². The second-order valence-electron chi connectivity index (χ2n) is 4.67. The molecule has 0 amide bonds. The van der Waals surface area contributed by atoms with Gasteiger partial charge in [0.1, 0.15) is 5.15 Å². The molecule has 0 N–H and O–H groups in total. The topological polar surface area (TPSA) is 43.6 Å². The van der Waals surface area contributed by atoms with Gasteiger partial charge in [0.15, 0.2) is 10.8 Å². The fourth-order valence-corrected chi connectivity index (χ4v) is 3.25. The van der Waals surface area contributed by atoms with E-state index in [9.17, 15) is 0 Å². The van der Waals surface area contributed by atoms with E-state index in [1.807, 2.05) is 37.3 Å². The zero-order valence-electron chi connectivity index (χ0n) is 11.9. The summed E-state index contributed by atoms with van der Waals surface area (Å²) in [7, 11) is 0. The lowest BCUT2D eigenvalue weighted by atomic mass is 10.1. The van der Waals surface area contributed by atoms with Crippen LogP contribution in [0.25, 0.3) is 11.0 Å². The minimum absolute atomic E-state index is 0.180. The van der Waals surface area contributed by atoms with E-state index in [1.165, 1.54) is 0 Å². The van der Waals surface area contributed by atoms with Gasteiger partial charge in [-0.25, -0.2) is 14.6 Å². The highest BCUT2D eigenvalue weighted by atomic mass is 35.5. The Morgan fingerprint density at radius 1 is 1.23 bits per heavy atom. The van der Waals surface area contributed by atoms with Crippen LogP contribution in [0, 0.1) is 0 Å². The summed E-state index contributed by atoms with van der Waals surface area (Å²) < 4.78 is 1.78. The lowest BCUT2D eigenvalue weighted by Gasteiger charge is -2.10. The summed E-state index contributed by atoms with van der Waals surface area (Å²) in [6.45, 7) is 2.58. The predicted octanol–water partition coefficient (Wildman–Crippen LogP) is 4.57. The van der Waals surface area contributed by atoms with E-state index in [-0.39, 0.29) is 5.38 Å². The molecule has 0 saturated carbocycles. The smallest absolute Gasteiger partial charge is 0.191 e. The number of aromatic nitrogens is 4. The molecular weight excluding hydrogens is 339 g/mol. The summed E-state index contributed by atoms with van der Waals surface area (Å²) in [6.07, 6.45) is 1.69. The largest absolute Gasteiger partial charge is 0.245 e. The van der Waals surface area contributed by atoms with Crippen molar-refractivity contribution in [3.8, 4) is 0 Å². The molecule has 0 aliphatic carbocycles. The molecule has 1 aromatic carbocycles. The number of hydrogen-bond donors (Lipinski definition) is 0. The highest BCUT2D eigenvalue weighted by Crippen LogP contribution is 2.27. The van der Waals surface area contributed by atoms with Gasteiger partial charge in [-0.05, 0) is 11.3 Å². The Kier molecular flexibility index (Phi) is 4.86. The van der Waals surface area contributed by atoms with Crippen LogP contribution in [0.1, 0.15) is 17.9 Å². The Bertz CT molecular complexity index is 776. The first-order valence-corrected chi connectivity index (χ1v) is 8.70. The van der Waals surface area contributed by atoms with Gasteiger partial charge < -0.3 is 0 Å². The maximum absolute atomic E-state index is 6.50. The average Bonchev–Trinajstić information content (AvgIpc) is 2.92. The SMILES string of the molecule is CCSc1nc(Cl)c2cnn(C[C@@H](Cl)c3ccccc3)c2n1. The van der Waals surface area contributed by atoms with Crippen LogP contribution in [0.3, 0.4) is 0 Å². The van der Waals surface area contributed by atoms with Crippen molar-refractivity contribution in [1.29, 1.82) is 0 Å². The molecule has 114 valence electrons. The third-order valence-corrected chi connectivity index (χ3v) is 4.60. The highest BCUT2D eigenvalue weighted by Gasteiger charge is 2.15. The van der Waals surface area contributed by atoms with Crippen molar-refractivity contribution in [2.45, 2.75) is 24.0 Å². The summed E-state index contributed by atoms with van der Waals surface area (Å²) in [6, 6.07) is 9.92. The third kappa shape index (κ3) is 3.21. The van der Waals surface area contributed by atoms with Crippen LogP contribution in [-0.2, 0) is 6.54 Å². The molecule has 0 radical (unpaired) electrons. The Balaban J connectivity index is 1.94. The number of alkyl halides is 1. The lowest BCUT2D eigenvalue weighted by molar-refractivity contribution is 0.613. The van der Waals surface area contributed by atoms with Crippen LogP contribution < -0.4 is 0 Å². The van der Waals surface area contributed by atoms with Crippen molar-refractivity contribution < 1.29 is 0 Å². The molecule has 2 aromatic heterocycles. The van der Waals surface area contributed by atoms with E-state index in [4.69, 9.17) is 23.2 Å². The number of hydrogen-bond acceptors (Lipinski definition) is 4. The first-order valence-electron chi connectivity index (χ1n) is 6.90. The lowest BCUT2D eigenvalue weighted by Crippen LogP contribution is -2.07. The van der Waals surface area contributed by atoms with Crippen LogP contribution in [0.5, 0.6) is 0 Å². The second-order valence-corrected chi connectivity index (χ2v) is 6.79. The van der Waals surface area contributed by atoms with Crippen LogP contribution in [0.4, 0.5) is 0 Å². The Hall–Kier alpha value is -1.30. The predicted molar refractivity (Wildman–Crippen MR) is 91.8 cm³/mol. The highest BCUT2D eigenvalue weighted by molar-refractivity contribution is 7.99. The van der Waals surface area contributed by atoms with Gasteiger partial charge in [0.2, 0.25) is 0 Å². The standard InChI is InChI=1S/C15H14Cl2N4S/c1-2-22-15-19-13(17)11-8-18-21(14(11)20-15)9-12(16)10-6-4-3-5-7-10/h3-8,12H,2,9H2,1H3/t12-/m1/s1. The van der Waals surface area contributed by atoms with E-state index in [0.717, 1.165) is 22.3 Å². The molecule has 0 bridgehead atoms. The maximum atomic E-state index is 6.50. The summed E-state index contributed by atoms with van der Waals surface area (Å²) >= 11 is 14.3. The van der Waals surface area contributed by atoms with Crippen LogP contribution in [0.15, 0.2) is 41.7 Å². The van der Waals surface area contributed by atoms with Crippen LogP contribution >= 0.6 is 35.0 Å². The van der Waals surface area contributed by atoms with Crippen LogP contribution in [-0.4, -0.2) is 25.5 Å². The number of thioether (sulfide) groups is 1. The molecule has 0 unspecified atom stereocenters. The van der Waals surface area contributed by atoms with Gasteiger partial charge in [-0.15, -0.1) is 11.6 Å². The monoisotopic (exact) mass is 352 g/mol. The van der Waals surface area contributed by atoms with Gasteiger partial charge in [0.25, 0.3) is 0 Å². The van der Waals surface area contributed by atoms with Crippen molar-refractivity contribution in [2.75, 3.05) is 5.75 Å². The summed E-state index contributed by atoms with van der Waals surface area (Å²) in [5.74, 6) is 0.887. The zero-order valence-corrected chi connectivity index (χ0v) is 14.2. The molecule has 4 nitrogen and oxygen atoms in total. The van der Waals surface area contributed by atoms with Crippen molar-refractivity contribution in [3.63, 3.8) is 0 Å². The van der Waals surface area contributed by atoms with Crippen molar-refractivity contribution >= 4 is 46.0 Å². The molecule has 7 heteroatoms. The number of fused-ring (bicyclic) bond motifs is 1. The molecule has 0 fully saturated rings. The normalized spacial score (nSPS) is 12.7. The first kappa shape index (κ1) is 15.6. The van der Waals surface area contributed by atoms with Gasteiger partial charge >= 0.3 is 0 Å². The minimum Gasteiger partial charge on any atom is -0.245 e. The van der Waals surface area contributed by atoms with Gasteiger partial charge in [-0.2, -0.15) is 5.10 Å². The van der Waals surface area contributed by atoms with E-state index in [1.54, 1.807) is 22.6 Å². The second kappa shape index (κ2) is 6.86. The Morgan fingerprint density at radius 3 is 2.73 bits per heavy atom. The Labute approximate surface area is 142 Å². The molecule has 2 heterocycles. The fraction of sp³-hybridized carbons (Fsp3) is 0.267. The molecule has 0 aliphatic heterocycles. The quantitative estimate of drug-likeness (QED) is 0.292. The van der Waals surface area contributed by atoms with E-state index >= 15 is 0 Å². The fourth-order valence-electron chi connectivity index (χ4n) is 2.15. The van der Waals surface area contributed by atoms with E-state index < -0.39 is 0 Å². The molecule has 0 spiro atoms. The molecular formula is C15H14Cl2N4S. The van der Waals surface area contributed by atoms with Gasteiger partial charge in [0, 0.05) is 0 Å². The molecule has 3 rings (SSSR count). The molecule has 0 aliphatic rings. The maximum Gasteiger partial charge on any atom is 0.191 e. The zero-order chi connectivity index (χ0) is 15.5. The molecule has 1 atom stereocenters.